The van der Waals surface area contributed by atoms with E-state index in [0.717, 1.165) is 54.7 Å². The van der Waals surface area contributed by atoms with Crippen LogP contribution in [0.1, 0.15) is 0 Å². The number of benzene rings is 6. The molecular formula is C36H22BrNO2. The molecule has 2 aromatic heterocycles. The van der Waals surface area contributed by atoms with Gasteiger partial charge < -0.3 is 13.7 Å². The third kappa shape index (κ3) is 3.72. The first kappa shape index (κ1) is 23.1. The Hall–Kier alpha value is -4.80. The van der Waals surface area contributed by atoms with Crippen molar-refractivity contribution in [3.05, 3.63) is 138 Å². The highest BCUT2D eigenvalue weighted by Crippen LogP contribution is 2.40. The summed E-state index contributed by atoms with van der Waals surface area (Å²) in [6, 6.07) is 45.9. The summed E-state index contributed by atoms with van der Waals surface area (Å²) >= 11 is 3.72. The van der Waals surface area contributed by atoms with Crippen molar-refractivity contribution in [1.82, 2.24) is 4.57 Å². The molecule has 0 radical (unpaired) electrons. The molecule has 6 aromatic carbocycles. The molecule has 0 atom stereocenters. The van der Waals surface area contributed by atoms with E-state index >= 15 is 0 Å². The average molecular weight is 580 g/mol. The number of hydrogen-bond acceptors (Lipinski definition) is 2. The van der Waals surface area contributed by atoms with Gasteiger partial charge in [0.1, 0.15) is 22.7 Å². The molecule has 0 spiro atoms. The number of fused-ring (bicyclic) bond motifs is 6. The standard InChI is InChI=1S/C36H22BrNO2/c37-24-19-23(28-14-8-18-35-36(28)31-13-3-6-17-34(31)40-35)20-27(21-24)39-26-10-7-9-25(22-26)38-32-15-4-1-11-29(32)30-12-2-5-16-33(30)38/h1-22H. The first-order valence-corrected chi connectivity index (χ1v) is 14.0. The van der Waals surface area contributed by atoms with E-state index < -0.39 is 0 Å². The molecule has 0 unspecified atom stereocenters. The Kier molecular flexibility index (Phi) is 5.29. The number of nitrogens with zero attached hydrogens (tertiary/aromatic N) is 1. The highest BCUT2D eigenvalue weighted by molar-refractivity contribution is 9.10. The summed E-state index contributed by atoms with van der Waals surface area (Å²) in [5.41, 5.74) is 7.32. The largest absolute Gasteiger partial charge is 0.457 e. The van der Waals surface area contributed by atoms with Crippen LogP contribution in [0.3, 0.4) is 0 Å². The van der Waals surface area contributed by atoms with Crippen LogP contribution >= 0.6 is 15.9 Å². The predicted octanol–water partition coefficient (Wildman–Crippen LogP) is 10.9. The van der Waals surface area contributed by atoms with Crippen LogP contribution in [0, 0.1) is 0 Å². The van der Waals surface area contributed by atoms with Gasteiger partial charge >= 0.3 is 0 Å². The maximum atomic E-state index is 6.50. The monoisotopic (exact) mass is 579 g/mol. The van der Waals surface area contributed by atoms with Crippen molar-refractivity contribution < 1.29 is 9.15 Å². The van der Waals surface area contributed by atoms with E-state index in [-0.39, 0.29) is 0 Å². The number of hydrogen-bond donors (Lipinski definition) is 0. The highest BCUT2D eigenvalue weighted by Gasteiger charge is 2.15. The molecular weight excluding hydrogens is 558 g/mol. The Morgan fingerprint density at radius 1 is 0.550 bits per heavy atom. The van der Waals surface area contributed by atoms with Crippen molar-refractivity contribution in [2.45, 2.75) is 0 Å². The molecule has 0 amide bonds. The molecule has 190 valence electrons. The van der Waals surface area contributed by atoms with Gasteiger partial charge in [-0.1, -0.05) is 88.7 Å². The summed E-state index contributed by atoms with van der Waals surface area (Å²) in [4.78, 5) is 0. The second-order valence-corrected chi connectivity index (χ2v) is 10.8. The van der Waals surface area contributed by atoms with Gasteiger partial charge in [0.15, 0.2) is 0 Å². The van der Waals surface area contributed by atoms with Crippen molar-refractivity contribution in [3.63, 3.8) is 0 Å². The lowest BCUT2D eigenvalue weighted by atomic mass is 9.99. The van der Waals surface area contributed by atoms with E-state index in [2.05, 4.69) is 105 Å². The minimum atomic E-state index is 0.758. The molecule has 0 aliphatic carbocycles. The summed E-state index contributed by atoms with van der Waals surface area (Å²) in [5, 5.41) is 4.69. The van der Waals surface area contributed by atoms with E-state index in [1.54, 1.807) is 0 Å². The molecule has 0 fully saturated rings. The van der Waals surface area contributed by atoms with Crippen LogP contribution in [0.5, 0.6) is 11.5 Å². The molecule has 8 aromatic rings. The molecule has 2 heterocycles. The summed E-state index contributed by atoms with van der Waals surface area (Å²) in [6.07, 6.45) is 0. The second kappa shape index (κ2) is 9.15. The average Bonchev–Trinajstić information content (AvgIpc) is 3.53. The summed E-state index contributed by atoms with van der Waals surface area (Å²) in [6.45, 7) is 0. The zero-order chi connectivity index (χ0) is 26.6. The molecule has 0 aliphatic heterocycles. The highest BCUT2D eigenvalue weighted by atomic mass is 79.9. The summed E-state index contributed by atoms with van der Waals surface area (Å²) in [7, 11) is 0. The maximum Gasteiger partial charge on any atom is 0.136 e. The van der Waals surface area contributed by atoms with Crippen molar-refractivity contribution in [2.24, 2.45) is 0 Å². The van der Waals surface area contributed by atoms with Crippen LogP contribution in [0.2, 0.25) is 0 Å². The van der Waals surface area contributed by atoms with Gasteiger partial charge in [-0.3, -0.25) is 0 Å². The maximum absolute atomic E-state index is 6.50. The summed E-state index contributed by atoms with van der Waals surface area (Å²) in [5.74, 6) is 1.53. The van der Waals surface area contributed by atoms with Gasteiger partial charge in [0, 0.05) is 37.8 Å². The molecule has 3 nitrogen and oxygen atoms in total. The Bertz CT molecular complexity index is 2170. The molecule has 0 bridgehead atoms. The number of para-hydroxylation sites is 3. The first-order chi connectivity index (χ1) is 19.7. The Morgan fingerprint density at radius 3 is 2.02 bits per heavy atom. The molecule has 40 heavy (non-hydrogen) atoms. The zero-order valence-electron chi connectivity index (χ0n) is 21.3. The van der Waals surface area contributed by atoms with Crippen LogP contribution in [0.25, 0.3) is 60.6 Å². The van der Waals surface area contributed by atoms with Crippen LogP contribution in [-0.4, -0.2) is 4.57 Å². The van der Waals surface area contributed by atoms with Crippen LogP contribution in [0.4, 0.5) is 0 Å². The van der Waals surface area contributed by atoms with E-state index in [0.29, 0.717) is 0 Å². The number of ether oxygens (including phenoxy) is 1. The van der Waals surface area contributed by atoms with Crippen LogP contribution < -0.4 is 4.74 Å². The van der Waals surface area contributed by atoms with E-state index in [1.165, 1.54) is 21.8 Å². The van der Waals surface area contributed by atoms with Crippen molar-refractivity contribution in [2.75, 3.05) is 0 Å². The minimum Gasteiger partial charge on any atom is -0.457 e. The lowest BCUT2D eigenvalue weighted by Crippen LogP contribution is -1.94. The third-order valence-electron chi connectivity index (χ3n) is 7.48. The second-order valence-electron chi connectivity index (χ2n) is 9.92. The molecule has 0 saturated carbocycles. The van der Waals surface area contributed by atoms with Gasteiger partial charge in [0.05, 0.1) is 11.0 Å². The summed E-state index contributed by atoms with van der Waals surface area (Å²) < 4.78 is 15.9. The van der Waals surface area contributed by atoms with E-state index in [4.69, 9.17) is 9.15 Å². The molecule has 4 heteroatoms. The molecule has 0 N–H and O–H groups in total. The first-order valence-electron chi connectivity index (χ1n) is 13.2. The van der Waals surface area contributed by atoms with Crippen molar-refractivity contribution in [1.29, 1.82) is 0 Å². The normalized spacial score (nSPS) is 11.6. The van der Waals surface area contributed by atoms with Crippen LogP contribution in [-0.2, 0) is 0 Å². The molecule has 0 saturated heterocycles. The van der Waals surface area contributed by atoms with Crippen molar-refractivity contribution in [3.8, 4) is 28.3 Å². The quantitative estimate of drug-likeness (QED) is 0.207. The smallest absolute Gasteiger partial charge is 0.136 e. The van der Waals surface area contributed by atoms with Gasteiger partial charge in [-0.2, -0.15) is 0 Å². The lowest BCUT2D eigenvalue weighted by molar-refractivity contribution is 0.482. The van der Waals surface area contributed by atoms with Gasteiger partial charge in [-0.15, -0.1) is 0 Å². The van der Waals surface area contributed by atoms with Gasteiger partial charge in [-0.05, 0) is 65.7 Å². The number of halogens is 1. The Labute approximate surface area is 239 Å². The number of rotatable bonds is 4. The molecule has 0 aliphatic rings. The predicted molar refractivity (Wildman–Crippen MR) is 168 cm³/mol. The van der Waals surface area contributed by atoms with E-state index in [9.17, 15) is 0 Å². The zero-order valence-corrected chi connectivity index (χ0v) is 22.9. The lowest BCUT2D eigenvalue weighted by Gasteiger charge is -2.13. The Morgan fingerprint density at radius 2 is 1.23 bits per heavy atom. The van der Waals surface area contributed by atoms with Gasteiger partial charge in [0.25, 0.3) is 0 Å². The van der Waals surface area contributed by atoms with Gasteiger partial charge in [-0.25, -0.2) is 0 Å². The third-order valence-corrected chi connectivity index (χ3v) is 7.93. The topological polar surface area (TPSA) is 27.3 Å². The number of furan rings is 1. The fourth-order valence-corrected chi connectivity index (χ4v) is 6.29. The van der Waals surface area contributed by atoms with E-state index in [1.807, 2.05) is 48.5 Å². The van der Waals surface area contributed by atoms with Crippen molar-refractivity contribution >= 4 is 59.7 Å². The minimum absolute atomic E-state index is 0.758. The van der Waals surface area contributed by atoms with Gasteiger partial charge in [0.2, 0.25) is 0 Å². The Balaban J connectivity index is 1.22. The molecule has 8 rings (SSSR count). The van der Waals surface area contributed by atoms with Crippen LogP contribution in [0.15, 0.2) is 142 Å². The SMILES string of the molecule is Brc1cc(Oc2cccc(-n3c4ccccc4c4ccccc43)c2)cc(-c2cccc3oc4ccccc4c23)c1. The number of aromatic nitrogens is 1. The fourth-order valence-electron chi connectivity index (χ4n) is 5.82. The fraction of sp³-hybridized carbons (Fsp3) is 0.